The van der Waals surface area contributed by atoms with Crippen molar-refractivity contribution < 1.29 is 4.79 Å². The number of aryl methyl sites for hydroxylation is 1. The number of rotatable bonds is 9. The van der Waals surface area contributed by atoms with Crippen LogP contribution < -0.4 is 11.0 Å². The SMILES string of the molecule is CCCn1c(S[C@@H](C)C(=O)N[C@@H](C)CCc2ccccc2)n[nH]c1=O. The predicted octanol–water partition coefficient (Wildman–Crippen LogP) is 2.60. The van der Waals surface area contributed by atoms with Crippen LogP contribution in [0.15, 0.2) is 40.3 Å². The highest BCUT2D eigenvalue weighted by Crippen LogP contribution is 2.20. The van der Waals surface area contributed by atoms with Gasteiger partial charge in [0.1, 0.15) is 0 Å². The number of H-pyrrole nitrogens is 1. The van der Waals surface area contributed by atoms with Crippen molar-refractivity contribution in [3.05, 3.63) is 46.4 Å². The van der Waals surface area contributed by atoms with Gasteiger partial charge in [0.25, 0.3) is 0 Å². The van der Waals surface area contributed by atoms with E-state index in [1.54, 1.807) is 4.57 Å². The Balaban J connectivity index is 1.84. The van der Waals surface area contributed by atoms with Crippen LogP contribution in [0.1, 0.15) is 39.2 Å². The Kier molecular flexibility index (Phi) is 7.31. The van der Waals surface area contributed by atoms with Crippen molar-refractivity contribution in [2.24, 2.45) is 0 Å². The van der Waals surface area contributed by atoms with Gasteiger partial charge in [0, 0.05) is 12.6 Å². The summed E-state index contributed by atoms with van der Waals surface area (Å²) in [5, 5.41) is 9.76. The zero-order valence-electron chi connectivity index (χ0n) is 15.0. The molecule has 6 nitrogen and oxygen atoms in total. The van der Waals surface area contributed by atoms with Gasteiger partial charge in [0.2, 0.25) is 5.91 Å². The maximum atomic E-state index is 12.4. The first-order valence-electron chi connectivity index (χ1n) is 8.67. The molecule has 136 valence electrons. The summed E-state index contributed by atoms with van der Waals surface area (Å²) in [5.41, 5.74) is 1.04. The van der Waals surface area contributed by atoms with E-state index in [0.29, 0.717) is 11.7 Å². The van der Waals surface area contributed by atoms with E-state index in [1.807, 2.05) is 39.0 Å². The number of aromatic amines is 1. The van der Waals surface area contributed by atoms with E-state index in [-0.39, 0.29) is 22.9 Å². The second kappa shape index (κ2) is 9.46. The number of aromatic nitrogens is 3. The molecule has 2 aromatic rings. The van der Waals surface area contributed by atoms with Crippen molar-refractivity contribution in [1.29, 1.82) is 0 Å². The summed E-state index contributed by atoms with van der Waals surface area (Å²) in [6.45, 7) is 6.44. The molecule has 0 saturated heterocycles. The zero-order valence-corrected chi connectivity index (χ0v) is 15.8. The summed E-state index contributed by atoms with van der Waals surface area (Å²) < 4.78 is 1.58. The van der Waals surface area contributed by atoms with Crippen molar-refractivity contribution in [3.63, 3.8) is 0 Å². The molecule has 2 N–H and O–H groups in total. The van der Waals surface area contributed by atoms with Crippen LogP contribution in [0.4, 0.5) is 0 Å². The van der Waals surface area contributed by atoms with Crippen molar-refractivity contribution in [3.8, 4) is 0 Å². The minimum absolute atomic E-state index is 0.0379. The molecule has 0 aliphatic heterocycles. The van der Waals surface area contributed by atoms with Crippen LogP contribution in [0.5, 0.6) is 0 Å². The molecule has 0 unspecified atom stereocenters. The number of hydrogen-bond acceptors (Lipinski definition) is 4. The van der Waals surface area contributed by atoms with E-state index in [4.69, 9.17) is 0 Å². The van der Waals surface area contributed by atoms with Gasteiger partial charge in [-0.25, -0.2) is 9.89 Å². The first kappa shape index (κ1) is 19.3. The quantitative estimate of drug-likeness (QED) is 0.672. The molecule has 7 heteroatoms. The van der Waals surface area contributed by atoms with Crippen LogP contribution in [0.3, 0.4) is 0 Å². The molecule has 25 heavy (non-hydrogen) atoms. The van der Waals surface area contributed by atoms with Gasteiger partial charge in [0.15, 0.2) is 5.16 Å². The minimum atomic E-state index is -0.315. The molecule has 0 aliphatic carbocycles. The summed E-state index contributed by atoms with van der Waals surface area (Å²) in [7, 11) is 0. The van der Waals surface area contributed by atoms with Gasteiger partial charge >= 0.3 is 5.69 Å². The average Bonchev–Trinajstić information content (AvgIpc) is 2.94. The molecule has 1 amide bonds. The van der Waals surface area contributed by atoms with E-state index >= 15 is 0 Å². The van der Waals surface area contributed by atoms with E-state index in [0.717, 1.165) is 19.3 Å². The van der Waals surface area contributed by atoms with Crippen molar-refractivity contribution >= 4 is 17.7 Å². The zero-order chi connectivity index (χ0) is 18.2. The third-order valence-corrected chi connectivity index (χ3v) is 5.01. The topological polar surface area (TPSA) is 79.8 Å². The Morgan fingerprint density at radius 3 is 2.72 bits per heavy atom. The van der Waals surface area contributed by atoms with Gasteiger partial charge in [-0.3, -0.25) is 9.36 Å². The van der Waals surface area contributed by atoms with Crippen LogP contribution in [0.25, 0.3) is 0 Å². The lowest BCUT2D eigenvalue weighted by Crippen LogP contribution is -2.38. The fraction of sp³-hybridized carbons (Fsp3) is 0.500. The molecule has 2 rings (SSSR count). The Labute approximate surface area is 152 Å². The lowest BCUT2D eigenvalue weighted by molar-refractivity contribution is -0.120. The molecule has 1 heterocycles. The molecule has 1 aromatic carbocycles. The summed E-state index contributed by atoms with van der Waals surface area (Å²) in [5.74, 6) is -0.0379. The monoisotopic (exact) mass is 362 g/mol. The Morgan fingerprint density at radius 1 is 1.32 bits per heavy atom. The largest absolute Gasteiger partial charge is 0.353 e. The highest BCUT2D eigenvalue weighted by Gasteiger charge is 2.20. The molecule has 0 spiro atoms. The van der Waals surface area contributed by atoms with Gasteiger partial charge in [-0.15, -0.1) is 5.10 Å². The summed E-state index contributed by atoms with van der Waals surface area (Å²) in [6.07, 6.45) is 2.65. The van der Waals surface area contributed by atoms with Crippen LogP contribution in [0, 0.1) is 0 Å². The second-order valence-corrected chi connectivity index (χ2v) is 7.46. The lowest BCUT2D eigenvalue weighted by Gasteiger charge is -2.17. The van der Waals surface area contributed by atoms with Crippen molar-refractivity contribution in [1.82, 2.24) is 20.1 Å². The van der Waals surface area contributed by atoms with Gasteiger partial charge in [-0.2, -0.15) is 0 Å². The smallest absolute Gasteiger partial charge is 0.343 e. The number of carbonyl (C=O) groups excluding carboxylic acids is 1. The summed E-state index contributed by atoms with van der Waals surface area (Å²) in [4.78, 5) is 24.1. The molecule has 0 saturated carbocycles. The predicted molar refractivity (Wildman–Crippen MR) is 101 cm³/mol. The van der Waals surface area contributed by atoms with Crippen LogP contribution in [0.2, 0.25) is 0 Å². The Bertz CT molecular complexity index is 726. The van der Waals surface area contributed by atoms with Crippen molar-refractivity contribution in [2.45, 2.75) is 63.0 Å². The first-order chi connectivity index (χ1) is 12.0. The third kappa shape index (κ3) is 5.77. The first-order valence-corrected chi connectivity index (χ1v) is 9.55. The van der Waals surface area contributed by atoms with Gasteiger partial charge in [-0.05, 0) is 38.7 Å². The molecular weight excluding hydrogens is 336 g/mol. The third-order valence-electron chi connectivity index (χ3n) is 3.92. The average molecular weight is 362 g/mol. The lowest BCUT2D eigenvalue weighted by atomic mass is 10.1. The number of nitrogens with one attached hydrogen (secondary N) is 2. The fourth-order valence-electron chi connectivity index (χ4n) is 2.49. The van der Waals surface area contributed by atoms with Crippen LogP contribution >= 0.6 is 11.8 Å². The van der Waals surface area contributed by atoms with Gasteiger partial charge in [0.05, 0.1) is 5.25 Å². The van der Waals surface area contributed by atoms with Gasteiger partial charge in [-0.1, -0.05) is 49.0 Å². The summed E-state index contributed by atoms with van der Waals surface area (Å²) >= 11 is 1.30. The molecule has 0 aliphatic rings. The van der Waals surface area contributed by atoms with Crippen molar-refractivity contribution in [2.75, 3.05) is 0 Å². The maximum absolute atomic E-state index is 12.4. The normalized spacial score (nSPS) is 13.4. The molecule has 1 aromatic heterocycles. The Hall–Kier alpha value is -2.02. The maximum Gasteiger partial charge on any atom is 0.343 e. The van der Waals surface area contributed by atoms with E-state index in [2.05, 4.69) is 27.6 Å². The molecule has 0 fully saturated rings. The van der Waals surface area contributed by atoms with Crippen LogP contribution in [-0.4, -0.2) is 32.0 Å². The van der Waals surface area contributed by atoms with E-state index in [9.17, 15) is 9.59 Å². The summed E-state index contributed by atoms with van der Waals surface area (Å²) in [6, 6.07) is 10.3. The van der Waals surface area contributed by atoms with E-state index in [1.165, 1.54) is 17.3 Å². The number of thioether (sulfide) groups is 1. The second-order valence-electron chi connectivity index (χ2n) is 6.16. The van der Waals surface area contributed by atoms with E-state index < -0.39 is 0 Å². The number of hydrogen-bond donors (Lipinski definition) is 2. The van der Waals surface area contributed by atoms with Crippen LogP contribution in [-0.2, 0) is 17.8 Å². The van der Waals surface area contributed by atoms with Gasteiger partial charge < -0.3 is 5.32 Å². The standard InChI is InChI=1S/C18H26N4O2S/c1-4-12-22-17(24)20-21-18(22)25-14(3)16(23)19-13(2)10-11-15-8-6-5-7-9-15/h5-9,13-14H,4,10-12H2,1-3H3,(H,19,23)(H,20,24)/t13-,14-/m0/s1. The highest BCUT2D eigenvalue weighted by molar-refractivity contribution is 8.00. The molecule has 0 bridgehead atoms. The number of carbonyl (C=O) groups is 1. The molecule has 0 radical (unpaired) electrons. The Morgan fingerprint density at radius 2 is 2.04 bits per heavy atom. The fourth-order valence-corrected chi connectivity index (χ4v) is 3.38. The molecular formula is C18H26N4O2S. The number of amides is 1. The number of nitrogens with zero attached hydrogens (tertiary/aromatic N) is 2. The molecule has 2 atom stereocenters. The number of benzene rings is 1. The minimum Gasteiger partial charge on any atom is -0.353 e. The highest BCUT2D eigenvalue weighted by atomic mass is 32.2.